The Morgan fingerprint density at radius 2 is 1.50 bits per heavy atom. The minimum absolute atomic E-state index is 0.000416. The standard InChI is InChI=1S/C30H25F6N3O/c1-17-14-38(15-21-3-8-22(13-26(21)33)30(34,35)36)16-25-27(17)37-18(2)39(29(25)40)28(19-4-9-23(31)10-5-19)20-6-11-24(32)12-7-20/h3-13,17,28H,14-16H2,1-2H3. The highest BCUT2D eigenvalue weighted by Crippen LogP contribution is 2.33. The van der Waals surface area contributed by atoms with Gasteiger partial charge in [-0.3, -0.25) is 14.3 Å². The Morgan fingerprint density at radius 3 is 2.02 bits per heavy atom. The fourth-order valence-electron chi connectivity index (χ4n) is 5.31. The largest absolute Gasteiger partial charge is 0.416 e. The number of rotatable bonds is 5. The Bertz CT molecular complexity index is 1550. The molecule has 0 aliphatic carbocycles. The van der Waals surface area contributed by atoms with E-state index >= 15 is 0 Å². The monoisotopic (exact) mass is 557 g/mol. The van der Waals surface area contributed by atoms with Crippen LogP contribution in [-0.2, 0) is 19.3 Å². The molecule has 0 saturated carbocycles. The fraction of sp³-hybridized carbons (Fsp3) is 0.267. The van der Waals surface area contributed by atoms with Gasteiger partial charge in [-0.15, -0.1) is 0 Å². The van der Waals surface area contributed by atoms with Gasteiger partial charge in [-0.25, -0.2) is 18.2 Å². The van der Waals surface area contributed by atoms with Crippen LogP contribution in [0.1, 0.15) is 58.2 Å². The van der Waals surface area contributed by atoms with E-state index in [2.05, 4.69) is 0 Å². The van der Waals surface area contributed by atoms with E-state index in [1.165, 1.54) is 28.8 Å². The number of hydrogen-bond acceptors (Lipinski definition) is 3. The average Bonchev–Trinajstić information content (AvgIpc) is 2.89. The van der Waals surface area contributed by atoms with Gasteiger partial charge in [0.2, 0.25) is 0 Å². The Morgan fingerprint density at radius 1 is 0.925 bits per heavy atom. The first-order valence-electron chi connectivity index (χ1n) is 12.6. The summed E-state index contributed by atoms with van der Waals surface area (Å²) >= 11 is 0. The van der Waals surface area contributed by atoms with Crippen LogP contribution < -0.4 is 5.56 Å². The zero-order valence-electron chi connectivity index (χ0n) is 21.6. The smallest absolute Gasteiger partial charge is 0.294 e. The minimum atomic E-state index is -4.65. The lowest BCUT2D eigenvalue weighted by molar-refractivity contribution is -0.137. The van der Waals surface area contributed by atoms with Crippen LogP contribution in [0.4, 0.5) is 26.3 Å². The van der Waals surface area contributed by atoms with E-state index in [-0.39, 0.29) is 30.1 Å². The molecule has 10 heteroatoms. The van der Waals surface area contributed by atoms with Gasteiger partial charge in [0.15, 0.2) is 0 Å². The molecule has 1 atom stereocenters. The molecule has 208 valence electrons. The first-order valence-corrected chi connectivity index (χ1v) is 12.6. The summed E-state index contributed by atoms with van der Waals surface area (Å²) < 4.78 is 82.5. The first kappa shape index (κ1) is 27.6. The van der Waals surface area contributed by atoms with E-state index in [1.54, 1.807) is 36.1 Å². The van der Waals surface area contributed by atoms with Gasteiger partial charge >= 0.3 is 6.18 Å². The number of halogens is 6. The van der Waals surface area contributed by atoms with Gasteiger partial charge in [0.25, 0.3) is 5.56 Å². The third kappa shape index (κ3) is 5.40. The number of hydrogen-bond donors (Lipinski definition) is 0. The maximum Gasteiger partial charge on any atom is 0.416 e. The van der Waals surface area contributed by atoms with Gasteiger partial charge in [0.05, 0.1) is 22.9 Å². The Labute approximate surface area is 226 Å². The third-order valence-electron chi connectivity index (χ3n) is 7.20. The Hall–Kier alpha value is -3.92. The summed E-state index contributed by atoms with van der Waals surface area (Å²) in [5, 5.41) is 0. The number of fused-ring (bicyclic) bond motifs is 1. The summed E-state index contributed by atoms with van der Waals surface area (Å²) in [4.78, 5) is 20.6. The minimum Gasteiger partial charge on any atom is -0.294 e. The summed E-state index contributed by atoms with van der Waals surface area (Å²) in [6, 6.07) is 13.0. The normalized spacial score (nSPS) is 15.9. The van der Waals surface area contributed by atoms with Crippen molar-refractivity contribution < 1.29 is 26.3 Å². The zero-order valence-corrected chi connectivity index (χ0v) is 21.6. The molecule has 1 unspecified atom stereocenters. The molecule has 1 aliphatic heterocycles. The van der Waals surface area contributed by atoms with Crippen molar-refractivity contribution >= 4 is 0 Å². The van der Waals surface area contributed by atoms with Crippen LogP contribution in [0.15, 0.2) is 71.5 Å². The number of benzene rings is 3. The molecule has 3 aromatic carbocycles. The van der Waals surface area contributed by atoms with Gasteiger partial charge in [0.1, 0.15) is 23.3 Å². The number of nitrogens with zero attached hydrogens (tertiary/aromatic N) is 3. The van der Waals surface area contributed by atoms with Crippen LogP contribution in [0, 0.1) is 24.4 Å². The van der Waals surface area contributed by atoms with Crippen LogP contribution in [0.3, 0.4) is 0 Å². The van der Waals surface area contributed by atoms with Crippen molar-refractivity contribution in [1.29, 1.82) is 0 Å². The molecule has 4 aromatic rings. The molecule has 0 bridgehead atoms. The molecule has 0 radical (unpaired) electrons. The zero-order chi connectivity index (χ0) is 28.8. The van der Waals surface area contributed by atoms with Gasteiger partial charge in [0, 0.05) is 31.1 Å². The molecule has 0 saturated heterocycles. The number of aryl methyl sites for hydroxylation is 1. The molecule has 40 heavy (non-hydrogen) atoms. The van der Waals surface area contributed by atoms with Crippen molar-refractivity contribution in [3.63, 3.8) is 0 Å². The van der Waals surface area contributed by atoms with Crippen molar-refractivity contribution in [1.82, 2.24) is 14.5 Å². The fourth-order valence-corrected chi connectivity index (χ4v) is 5.31. The lowest BCUT2D eigenvalue weighted by Crippen LogP contribution is -2.41. The molecule has 1 aromatic heterocycles. The quantitative estimate of drug-likeness (QED) is 0.255. The summed E-state index contributed by atoms with van der Waals surface area (Å²) in [5.41, 5.74) is 0.817. The second kappa shape index (κ2) is 10.6. The maximum atomic E-state index is 14.6. The second-order valence-electron chi connectivity index (χ2n) is 10.1. The molecule has 2 heterocycles. The van der Waals surface area contributed by atoms with E-state index in [1.807, 2.05) is 6.92 Å². The van der Waals surface area contributed by atoms with Gasteiger partial charge in [-0.05, 0) is 54.4 Å². The van der Waals surface area contributed by atoms with Crippen molar-refractivity contribution in [2.75, 3.05) is 6.54 Å². The van der Waals surface area contributed by atoms with E-state index in [4.69, 9.17) is 4.98 Å². The van der Waals surface area contributed by atoms with Gasteiger partial charge in [-0.1, -0.05) is 37.3 Å². The predicted octanol–water partition coefficient (Wildman–Crippen LogP) is 6.74. The van der Waals surface area contributed by atoms with E-state index in [9.17, 15) is 31.1 Å². The number of aromatic nitrogens is 2. The Kier molecular flexibility index (Phi) is 7.31. The summed E-state index contributed by atoms with van der Waals surface area (Å²) in [5.74, 6) is -1.67. The lowest BCUT2D eigenvalue weighted by Gasteiger charge is -2.34. The molecule has 5 rings (SSSR count). The van der Waals surface area contributed by atoms with Crippen molar-refractivity contribution in [2.24, 2.45) is 0 Å². The summed E-state index contributed by atoms with van der Waals surface area (Å²) in [6.45, 7) is 4.09. The van der Waals surface area contributed by atoms with Crippen molar-refractivity contribution in [3.05, 3.63) is 134 Å². The average molecular weight is 558 g/mol. The van der Waals surface area contributed by atoms with Crippen molar-refractivity contribution in [3.8, 4) is 0 Å². The third-order valence-corrected chi connectivity index (χ3v) is 7.20. The van der Waals surface area contributed by atoms with Crippen LogP contribution in [0.2, 0.25) is 0 Å². The second-order valence-corrected chi connectivity index (χ2v) is 10.1. The SMILES string of the molecule is Cc1nc2c(c(=O)n1C(c1ccc(F)cc1)c1ccc(F)cc1)CN(Cc1ccc(C(F)(F)F)cc1F)CC2C. The Balaban J connectivity index is 1.55. The van der Waals surface area contributed by atoms with Crippen LogP contribution in [0.5, 0.6) is 0 Å². The first-order chi connectivity index (χ1) is 18.9. The van der Waals surface area contributed by atoms with E-state index < -0.39 is 35.2 Å². The van der Waals surface area contributed by atoms with E-state index in [0.717, 1.165) is 12.1 Å². The lowest BCUT2D eigenvalue weighted by atomic mass is 9.94. The van der Waals surface area contributed by atoms with Gasteiger partial charge in [-0.2, -0.15) is 13.2 Å². The molecular formula is C30H25F6N3O. The summed E-state index contributed by atoms with van der Waals surface area (Å²) in [6.07, 6.45) is -4.65. The van der Waals surface area contributed by atoms with E-state index in [0.29, 0.717) is 40.8 Å². The predicted molar refractivity (Wildman–Crippen MR) is 137 cm³/mol. The van der Waals surface area contributed by atoms with Crippen LogP contribution in [-0.4, -0.2) is 21.0 Å². The maximum absolute atomic E-state index is 14.6. The summed E-state index contributed by atoms with van der Waals surface area (Å²) in [7, 11) is 0. The molecule has 0 fully saturated rings. The highest BCUT2D eigenvalue weighted by molar-refractivity contribution is 5.36. The van der Waals surface area contributed by atoms with Crippen LogP contribution >= 0.6 is 0 Å². The van der Waals surface area contributed by atoms with Crippen molar-refractivity contribution in [2.45, 2.75) is 45.1 Å². The number of alkyl halides is 3. The molecule has 0 N–H and O–H groups in total. The molecule has 1 aliphatic rings. The highest BCUT2D eigenvalue weighted by Gasteiger charge is 2.33. The molecule has 0 amide bonds. The molecule has 0 spiro atoms. The highest BCUT2D eigenvalue weighted by atomic mass is 19.4. The molecule has 4 nitrogen and oxygen atoms in total. The van der Waals surface area contributed by atoms with Crippen LogP contribution in [0.25, 0.3) is 0 Å². The molecular weight excluding hydrogens is 532 g/mol. The van der Waals surface area contributed by atoms with Gasteiger partial charge < -0.3 is 0 Å². The topological polar surface area (TPSA) is 38.1 Å².